The van der Waals surface area contributed by atoms with Gasteiger partial charge in [-0.15, -0.1) is 12.8 Å². The zero-order valence-corrected chi connectivity index (χ0v) is 21.3. The third-order valence-corrected chi connectivity index (χ3v) is 6.03. The van der Waals surface area contributed by atoms with Crippen LogP contribution in [0.5, 0.6) is 23.0 Å². The van der Waals surface area contributed by atoms with Crippen molar-refractivity contribution in [2.75, 3.05) is 32.8 Å². The number of carbonyl (C=O) groups is 1. The van der Waals surface area contributed by atoms with E-state index in [1.807, 2.05) is 60.7 Å². The van der Waals surface area contributed by atoms with Gasteiger partial charge < -0.3 is 24.8 Å². The molecule has 5 rings (SSSR count). The average Bonchev–Trinajstić information content (AvgIpc) is 3.45. The van der Waals surface area contributed by atoms with Crippen molar-refractivity contribution < 1.29 is 19.0 Å². The molecule has 1 amide bonds. The molecular weight excluding hydrogens is 464 g/mol. The van der Waals surface area contributed by atoms with Gasteiger partial charge >= 0.3 is 0 Å². The van der Waals surface area contributed by atoms with Crippen LogP contribution in [-0.2, 0) is 17.6 Å². The number of carbonyl (C=O) groups excluding carboxylic acids is 1. The summed E-state index contributed by atoms with van der Waals surface area (Å²) in [5, 5.41) is 0. The third kappa shape index (κ3) is 9.55. The molecule has 3 aromatic carbocycles. The number of likely N-dealkylation sites (tertiary alicyclic amines) is 1. The maximum absolute atomic E-state index is 10.7. The molecule has 6 nitrogen and oxygen atoms in total. The van der Waals surface area contributed by atoms with Gasteiger partial charge in [-0.1, -0.05) is 36.4 Å². The van der Waals surface area contributed by atoms with Crippen LogP contribution in [0.25, 0.3) is 0 Å². The summed E-state index contributed by atoms with van der Waals surface area (Å²) in [5.74, 6) is 3.01. The van der Waals surface area contributed by atoms with Crippen molar-refractivity contribution in [1.29, 1.82) is 0 Å². The van der Waals surface area contributed by atoms with E-state index in [0.29, 0.717) is 13.2 Å². The first kappa shape index (κ1) is 27.6. The van der Waals surface area contributed by atoms with Crippen LogP contribution < -0.4 is 19.9 Å². The minimum Gasteiger partial charge on any atom is -0.486 e. The topological polar surface area (TPSA) is 74.0 Å². The monoisotopic (exact) mass is 500 g/mol. The van der Waals surface area contributed by atoms with Crippen LogP contribution in [-0.4, -0.2) is 43.7 Å². The summed E-state index contributed by atoms with van der Waals surface area (Å²) in [5.41, 5.74) is 7.36. The minimum absolute atomic E-state index is 0.256. The van der Waals surface area contributed by atoms with Gasteiger partial charge in [-0.3, -0.25) is 4.79 Å². The van der Waals surface area contributed by atoms with Gasteiger partial charge in [0.05, 0.1) is 6.42 Å². The zero-order chi connectivity index (χ0) is 26.3. The highest BCUT2D eigenvalue weighted by molar-refractivity contribution is 5.76. The molecule has 2 aliphatic rings. The Morgan fingerprint density at radius 1 is 0.838 bits per heavy atom. The van der Waals surface area contributed by atoms with E-state index < -0.39 is 0 Å². The first-order valence-electron chi connectivity index (χ1n) is 12.7. The van der Waals surface area contributed by atoms with Gasteiger partial charge in [0.1, 0.15) is 24.7 Å². The SMILES string of the molecule is C#C.NC(=O)Cc1ccc(Oc2ccccc2)cc1.c1cc2c(cc1CCCN1CCCC1)OCCO2. The van der Waals surface area contributed by atoms with E-state index in [0.717, 1.165) is 35.0 Å². The summed E-state index contributed by atoms with van der Waals surface area (Å²) in [7, 11) is 0. The van der Waals surface area contributed by atoms with Crippen molar-refractivity contribution >= 4 is 5.91 Å². The number of primary amides is 1. The predicted octanol–water partition coefficient (Wildman–Crippen LogP) is 5.24. The molecule has 0 aromatic heterocycles. The highest BCUT2D eigenvalue weighted by Gasteiger charge is 2.13. The lowest BCUT2D eigenvalue weighted by molar-refractivity contribution is -0.117. The van der Waals surface area contributed by atoms with Gasteiger partial charge in [0.15, 0.2) is 11.5 Å². The Balaban J connectivity index is 0.000000193. The first-order chi connectivity index (χ1) is 18.2. The quantitative estimate of drug-likeness (QED) is 0.428. The molecule has 6 heteroatoms. The fourth-order valence-corrected chi connectivity index (χ4v) is 4.26. The minimum atomic E-state index is -0.332. The Kier molecular flexibility index (Phi) is 11.4. The molecule has 1 fully saturated rings. The van der Waals surface area contributed by atoms with E-state index in [-0.39, 0.29) is 12.3 Å². The number of nitrogens with zero attached hydrogens (tertiary/aromatic N) is 1. The van der Waals surface area contributed by atoms with Crippen molar-refractivity contribution in [3.05, 3.63) is 83.9 Å². The molecule has 0 radical (unpaired) electrons. The average molecular weight is 501 g/mol. The van der Waals surface area contributed by atoms with Crippen molar-refractivity contribution in [3.63, 3.8) is 0 Å². The zero-order valence-electron chi connectivity index (χ0n) is 21.3. The number of ether oxygens (including phenoxy) is 3. The van der Waals surface area contributed by atoms with Crippen molar-refractivity contribution in [2.24, 2.45) is 5.73 Å². The standard InChI is InChI=1S/C15H21NO2.C14H13NO2.C2H2/c1-2-8-16(7-1)9-3-4-13-5-6-14-15(12-13)18-11-10-17-14;15-14(16)10-11-6-8-13(9-7-11)17-12-4-2-1-3-5-12;1-2/h5-6,12H,1-4,7-11H2;1-9H,10H2,(H2,15,16);1-2H. The van der Waals surface area contributed by atoms with Crippen LogP contribution in [0.1, 0.15) is 30.4 Å². The predicted molar refractivity (Wildman–Crippen MR) is 147 cm³/mol. The summed E-state index contributed by atoms with van der Waals surface area (Å²) in [6.07, 6.45) is 13.4. The van der Waals surface area contributed by atoms with Crippen LogP contribution in [0, 0.1) is 12.8 Å². The molecule has 2 heterocycles. The van der Waals surface area contributed by atoms with Gasteiger partial charge in [0.25, 0.3) is 0 Å². The summed E-state index contributed by atoms with van der Waals surface area (Å²) >= 11 is 0. The number of para-hydroxylation sites is 1. The largest absolute Gasteiger partial charge is 0.486 e. The lowest BCUT2D eigenvalue weighted by atomic mass is 10.1. The van der Waals surface area contributed by atoms with Crippen molar-refractivity contribution in [3.8, 4) is 35.8 Å². The first-order valence-corrected chi connectivity index (χ1v) is 12.7. The fraction of sp³-hybridized carbons (Fsp3) is 0.323. The van der Waals surface area contributed by atoms with E-state index in [4.69, 9.17) is 19.9 Å². The van der Waals surface area contributed by atoms with Crippen LogP contribution in [0.3, 0.4) is 0 Å². The molecule has 1 saturated heterocycles. The van der Waals surface area contributed by atoms with Gasteiger partial charge in [0.2, 0.25) is 5.91 Å². The molecule has 0 spiro atoms. The lowest BCUT2D eigenvalue weighted by Crippen LogP contribution is -2.20. The summed E-state index contributed by atoms with van der Waals surface area (Å²) < 4.78 is 16.8. The number of terminal acetylenes is 1. The fourth-order valence-electron chi connectivity index (χ4n) is 4.26. The molecule has 0 unspecified atom stereocenters. The second-order valence-electron chi connectivity index (χ2n) is 8.83. The second kappa shape index (κ2) is 15.2. The molecule has 194 valence electrons. The Bertz CT molecular complexity index is 1110. The number of hydrogen-bond acceptors (Lipinski definition) is 5. The molecule has 2 N–H and O–H groups in total. The maximum Gasteiger partial charge on any atom is 0.221 e. The van der Waals surface area contributed by atoms with E-state index >= 15 is 0 Å². The number of amides is 1. The molecular formula is C31H36N2O4. The van der Waals surface area contributed by atoms with Crippen LogP contribution in [0.2, 0.25) is 0 Å². The number of benzene rings is 3. The van der Waals surface area contributed by atoms with E-state index in [1.165, 1.54) is 44.5 Å². The highest BCUT2D eigenvalue weighted by atomic mass is 16.6. The van der Waals surface area contributed by atoms with Crippen molar-refractivity contribution in [1.82, 2.24) is 4.90 Å². The molecule has 0 aliphatic carbocycles. The van der Waals surface area contributed by atoms with Crippen molar-refractivity contribution in [2.45, 2.75) is 32.1 Å². The van der Waals surface area contributed by atoms with E-state index in [2.05, 4.69) is 29.9 Å². The van der Waals surface area contributed by atoms with Gasteiger partial charge in [-0.25, -0.2) is 0 Å². The molecule has 0 atom stereocenters. The lowest BCUT2D eigenvalue weighted by Gasteiger charge is -2.19. The maximum atomic E-state index is 10.7. The molecule has 37 heavy (non-hydrogen) atoms. The summed E-state index contributed by atoms with van der Waals surface area (Å²) in [6.45, 7) is 5.16. The van der Waals surface area contributed by atoms with Gasteiger partial charge in [-0.05, 0) is 92.8 Å². The normalized spacial score (nSPS) is 13.9. The Morgan fingerprint density at radius 2 is 1.46 bits per heavy atom. The number of nitrogens with two attached hydrogens (primary N) is 1. The molecule has 3 aromatic rings. The molecule has 0 bridgehead atoms. The van der Waals surface area contributed by atoms with Crippen LogP contribution in [0.15, 0.2) is 72.8 Å². The second-order valence-corrected chi connectivity index (χ2v) is 8.83. The van der Waals surface area contributed by atoms with Gasteiger partial charge in [-0.2, -0.15) is 0 Å². The number of rotatable bonds is 8. The Morgan fingerprint density at radius 3 is 2.14 bits per heavy atom. The number of hydrogen-bond donors (Lipinski definition) is 1. The third-order valence-electron chi connectivity index (χ3n) is 6.03. The number of aryl methyl sites for hydroxylation is 1. The summed E-state index contributed by atoms with van der Waals surface area (Å²) in [4.78, 5) is 13.3. The number of fused-ring (bicyclic) bond motifs is 1. The summed E-state index contributed by atoms with van der Waals surface area (Å²) in [6, 6.07) is 23.2. The van der Waals surface area contributed by atoms with Crippen LogP contribution >= 0.6 is 0 Å². The Hall–Kier alpha value is -3.95. The highest BCUT2D eigenvalue weighted by Crippen LogP contribution is 2.31. The van der Waals surface area contributed by atoms with Crippen LogP contribution in [0.4, 0.5) is 0 Å². The Labute approximate surface area is 220 Å². The smallest absolute Gasteiger partial charge is 0.221 e. The van der Waals surface area contributed by atoms with E-state index in [1.54, 1.807) is 0 Å². The van der Waals surface area contributed by atoms with E-state index in [9.17, 15) is 4.79 Å². The molecule has 0 saturated carbocycles. The molecule has 2 aliphatic heterocycles. The van der Waals surface area contributed by atoms with Gasteiger partial charge in [0, 0.05) is 0 Å².